The van der Waals surface area contributed by atoms with E-state index in [4.69, 9.17) is 17.4 Å². The van der Waals surface area contributed by atoms with Gasteiger partial charge in [-0.2, -0.15) is 0 Å². The minimum atomic E-state index is -0.00278. The summed E-state index contributed by atoms with van der Waals surface area (Å²) in [6.07, 6.45) is 2.41. The van der Waals surface area contributed by atoms with Crippen LogP contribution in [0.5, 0.6) is 0 Å². The van der Waals surface area contributed by atoms with Gasteiger partial charge in [0.25, 0.3) is 0 Å². The number of thiazole rings is 1. The number of hydrogen-bond donors (Lipinski definition) is 2. The Balaban J connectivity index is 2.16. The van der Waals surface area contributed by atoms with Gasteiger partial charge in [-0.05, 0) is 24.6 Å². The van der Waals surface area contributed by atoms with Crippen LogP contribution >= 0.6 is 22.9 Å². The van der Waals surface area contributed by atoms with Crippen LogP contribution in [-0.2, 0) is 6.42 Å². The van der Waals surface area contributed by atoms with Crippen LogP contribution in [0.15, 0.2) is 23.7 Å². The molecule has 0 spiro atoms. The molecule has 6 heteroatoms. The molecule has 2 heterocycles. The summed E-state index contributed by atoms with van der Waals surface area (Å²) in [5.74, 6) is 5.57. The Morgan fingerprint density at radius 3 is 3.00 bits per heavy atom. The van der Waals surface area contributed by atoms with Crippen LogP contribution in [0, 0.1) is 6.92 Å². The molecular formula is C11H13ClN4S. The van der Waals surface area contributed by atoms with Gasteiger partial charge in [-0.1, -0.05) is 11.6 Å². The Hall–Kier alpha value is -1.01. The summed E-state index contributed by atoms with van der Waals surface area (Å²) in [5, 5.41) is 3.57. The Kier molecular flexibility index (Phi) is 4.06. The average Bonchev–Trinajstić information content (AvgIpc) is 2.72. The number of nitrogens with zero attached hydrogens (tertiary/aromatic N) is 2. The Morgan fingerprint density at radius 1 is 1.59 bits per heavy atom. The summed E-state index contributed by atoms with van der Waals surface area (Å²) in [6.45, 7) is 1.99. The third-order valence-electron chi connectivity index (χ3n) is 2.43. The molecule has 2 aromatic heterocycles. The van der Waals surface area contributed by atoms with E-state index in [9.17, 15) is 0 Å². The maximum absolute atomic E-state index is 5.86. The first-order chi connectivity index (χ1) is 8.19. The molecule has 1 atom stereocenters. The van der Waals surface area contributed by atoms with Crippen molar-refractivity contribution in [2.75, 3.05) is 0 Å². The van der Waals surface area contributed by atoms with E-state index < -0.39 is 0 Å². The molecule has 0 aliphatic carbocycles. The summed E-state index contributed by atoms with van der Waals surface area (Å²) in [4.78, 5) is 8.37. The van der Waals surface area contributed by atoms with E-state index in [1.165, 1.54) is 0 Å². The van der Waals surface area contributed by atoms with Crippen molar-refractivity contribution in [3.05, 3.63) is 45.1 Å². The summed E-state index contributed by atoms with van der Waals surface area (Å²) in [5.41, 5.74) is 4.82. The zero-order valence-electron chi connectivity index (χ0n) is 9.35. The van der Waals surface area contributed by atoms with Crippen molar-refractivity contribution in [1.29, 1.82) is 0 Å². The third kappa shape index (κ3) is 3.23. The molecule has 17 heavy (non-hydrogen) atoms. The van der Waals surface area contributed by atoms with Crippen molar-refractivity contribution in [2.45, 2.75) is 19.4 Å². The van der Waals surface area contributed by atoms with E-state index in [1.807, 2.05) is 24.4 Å². The zero-order chi connectivity index (χ0) is 12.3. The lowest BCUT2D eigenvalue weighted by Crippen LogP contribution is -2.29. The predicted molar refractivity (Wildman–Crippen MR) is 69.9 cm³/mol. The van der Waals surface area contributed by atoms with Gasteiger partial charge in [0.2, 0.25) is 0 Å². The smallest absolute Gasteiger partial charge is 0.129 e. The van der Waals surface area contributed by atoms with Crippen LogP contribution in [0.25, 0.3) is 0 Å². The number of aryl methyl sites for hydroxylation is 1. The first kappa shape index (κ1) is 12.4. The first-order valence-electron chi connectivity index (χ1n) is 5.17. The van der Waals surface area contributed by atoms with Crippen molar-refractivity contribution in [3.8, 4) is 0 Å². The number of pyridine rings is 1. The lowest BCUT2D eigenvalue weighted by Gasteiger charge is -2.14. The zero-order valence-corrected chi connectivity index (χ0v) is 10.9. The Labute approximate surface area is 109 Å². The molecule has 1 unspecified atom stereocenters. The maximum Gasteiger partial charge on any atom is 0.129 e. The van der Waals surface area contributed by atoms with E-state index in [0.717, 1.165) is 22.7 Å². The molecule has 0 aliphatic heterocycles. The van der Waals surface area contributed by atoms with Gasteiger partial charge in [0.05, 0.1) is 16.7 Å². The normalized spacial score (nSPS) is 12.6. The summed E-state index contributed by atoms with van der Waals surface area (Å²) in [7, 11) is 0. The predicted octanol–water partition coefficient (Wildman–Crippen LogP) is 2.25. The van der Waals surface area contributed by atoms with Crippen LogP contribution in [0.3, 0.4) is 0 Å². The molecule has 0 radical (unpaired) electrons. The molecule has 0 fully saturated rings. The Morgan fingerprint density at radius 2 is 2.41 bits per heavy atom. The van der Waals surface area contributed by atoms with Crippen LogP contribution in [0.4, 0.5) is 0 Å². The molecule has 3 N–H and O–H groups in total. The highest BCUT2D eigenvalue weighted by Gasteiger charge is 2.12. The van der Waals surface area contributed by atoms with E-state index in [2.05, 4.69) is 15.4 Å². The van der Waals surface area contributed by atoms with Crippen molar-refractivity contribution >= 4 is 22.9 Å². The third-order valence-corrected chi connectivity index (χ3v) is 3.46. The van der Waals surface area contributed by atoms with Crippen LogP contribution in [0.2, 0.25) is 5.15 Å². The fourth-order valence-corrected chi connectivity index (χ4v) is 2.43. The molecule has 0 amide bonds. The molecule has 90 valence electrons. The number of nitrogens with one attached hydrogen (secondary N) is 1. The van der Waals surface area contributed by atoms with Crippen molar-refractivity contribution in [3.63, 3.8) is 0 Å². The minimum Gasteiger partial charge on any atom is -0.271 e. The van der Waals surface area contributed by atoms with Gasteiger partial charge < -0.3 is 0 Å². The number of hydrazine groups is 1. The SMILES string of the molecule is Cc1nc(CC(NN)c2ccnc(Cl)c2)cs1. The molecule has 0 aromatic carbocycles. The molecule has 4 nitrogen and oxygen atoms in total. The number of nitrogens with two attached hydrogens (primary N) is 1. The molecule has 0 saturated carbocycles. The summed E-state index contributed by atoms with van der Waals surface area (Å²) >= 11 is 7.50. The van der Waals surface area contributed by atoms with Gasteiger partial charge in [0.15, 0.2) is 0 Å². The minimum absolute atomic E-state index is 0.00278. The fraction of sp³-hybridized carbons (Fsp3) is 0.273. The largest absolute Gasteiger partial charge is 0.271 e. The van der Waals surface area contributed by atoms with E-state index in [1.54, 1.807) is 17.5 Å². The van der Waals surface area contributed by atoms with Crippen molar-refractivity contribution < 1.29 is 0 Å². The monoisotopic (exact) mass is 268 g/mol. The quantitative estimate of drug-likeness (QED) is 0.507. The highest BCUT2D eigenvalue weighted by molar-refractivity contribution is 7.09. The number of aromatic nitrogens is 2. The summed E-state index contributed by atoms with van der Waals surface area (Å²) < 4.78 is 0. The van der Waals surface area contributed by atoms with E-state index in [0.29, 0.717) is 5.15 Å². The number of rotatable bonds is 4. The van der Waals surface area contributed by atoms with E-state index in [-0.39, 0.29) is 6.04 Å². The van der Waals surface area contributed by atoms with Gasteiger partial charge in [0, 0.05) is 18.0 Å². The highest BCUT2D eigenvalue weighted by Crippen LogP contribution is 2.20. The first-order valence-corrected chi connectivity index (χ1v) is 6.43. The van der Waals surface area contributed by atoms with Gasteiger partial charge in [0.1, 0.15) is 5.15 Å². The molecular weight excluding hydrogens is 256 g/mol. The second-order valence-electron chi connectivity index (χ2n) is 3.69. The second-order valence-corrected chi connectivity index (χ2v) is 5.14. The van der Waals surface area contributed by atoms with Crippen LogP contribution in [-0.4, -0.2) is 9.97 Å². The average molecular weight is 269 g/mol. The topological polar surface area (TPSA) is 63.8 Å². The van der Waals surface area contributed by atoms with Gasteiger partial charge in [-0.15, -0.1) is 11.3 Å². The van der Waals surface area contributed by atoms with Crippen LogP contribution < -0.4 is 11.3 Å². The van der Waals surface area contributed by atoms with Crippen molar-refractivity contribution in [1.82, 2.24) is 15.4 Å². The molecule has 0 bridgehead atoms. The molecule has 0 aliphatic rings. The standard InChI is InChI=1S/C11H13ClN4S/c1-7-15-9(6-17-7)5-10(16-13)8-2-3-14-11(12)4-8/h2-4,6,10,16H,5,13H2,1H3. The van der Waals surface area contributed by atoms with E-state index >= 15 is 0 Å². The highest BCUT2D eigenvalue weighted by atomic mass is 35.5. The van der Waals surface area contributed by atoms with Crippen molar-refractivity contribution in [2.24, 2.45) is 5.84 Å². The molecule has 2 aromatic rings. The lowest BCUT2D eigenvalue weighted by molar-refractivity contribution is 0.546. The lowest BCUT2D eigenvalue weighted by atomic mass is 10.0. The Bertz CT molecular complexity index is 500. The number of hydrogen-bond acceptors (Lipinski definition) is 5. The van der Waals surface area contributed by atoms with Gasteiger partial charge >= 0.3 is 0 Å². The molecule has 0 saturated heterocycles. The number of halogens is 1. The van der Waals surface area contributed by atoms with Gasteiger partial charge in [-0.25, -0.2) is 9.97 Å². The maximum atomic E-state index is 5.86. The van der Waals surface area contributed by atoms with Gasteiger partial charge in [-0.3, -0.25) is 11.3 Å². The van der Waals surface area contributed by atoms with Crippen LogP contribution in [0.1, 0.15) is 22.3 Å². The fourth-order valence-electron chi connectivity index (χ4n) is 1.62. The second kappa shape index (κ2) is 5.55. The summed E-state index contributed by atoms with van der Waals surface area (Å²) in [6, 6.07) is 3.71. The molecule has 2 rings (SSSR count).